The lowest BCUT2D eigenvalue weighted by molar-refractivity contribution is 0.0298. The zero-order valence-electron chi connectivity index (χ0n) is 12.9. The summed E-state index contributed by atoms with van der Waals surface area (Å²) in [6.07, 6.45) is 8.21. The number of piperazine rings is 1. The summed E-state index contributed by atoms with van der Waals surface area (Å²) >= 11 is 1.92. The van der Waals surface area contributed by atoms with Gasteiger partial charge in [0.15, 0.2) is 0 Å². The normalized spacial score (nSPS) is 28.6. The second-order valence-corrected chi connectivity index (χ2v) is 7.66. The predicted octanol–water partition coefficient (Wildman–Crippen LogP) is 4.20. The van der Waals surface area contributed by atoms with Gasteiger partial charge in [0.2, 0.25) is 0 Å². The van der Waals surface area contributed by atoms with Crippen molar-refractivity contribution >= 4 is 11.3 Å². The van der Waals surface area contributed by atoms with Gasteiger partial charge in [-0.15, -0.1) is 11.3 Å². The topological polar surface area (TPSA) is 15.3 Å². The molecule has 2 heterocycles. The number of hydrogen-bond donors (Lipinski definition) is 1. The second kappa shape index (κ2) is 6.17. The standard InChI is InChI=1S/C17H28N2S/c1-3-15(16-8-7-11-20-16)19-13-17(18-12-14(19)2)9-5-4-6-10-17/h7-8,11,14-15,18H,3-6,9-10,12-13H2,1-2H3. The summed E-state index contributed by atoms with van der Waals surface area (Å²) in [5, 5.41) is 6.12. The average molecular weight is 292 g/mol. The number of nitrogens with zero attached hydrogens (tertiary/aromatic N) is 1. The molecule has 2 atom stereocenters. The molecule has 2 nitrogen and oxygen atoms in total. The summed E-state index contributed by atoms with van der Waals surface area (Å²) in [5.74, 6) is 0. The Kier molecular flexibility index (Phi) is 4.49. The fourth-order valence-corrected chi connectivity index (χ4v) is 5.03. The lowest BCUT2D eigenvalue weighted by Crippen LogP contribution is -2.64. The van der Waals surface area contributed by atoms with E-state index < -0.39 is 0 Å². The van der Waals surface area contributed by atoms with Crippen molar-refractivity contribution in [2.45, 2.75) is 70.0 Å². The number of thiophene rings is 1. The largest absolute Gasteiger partial charge is 0.308 e. The van der Waals surface area contributed by atoms with Crippen LogP contribution in [0.1, 0.15) is 63.3 Å². The molecule has 112 valence electrons. The first-order valence-electron chi connectivity index (χ1n) is 8.28. The Morgan fingerprint density at radius 2 is 2.20 bits per heavy atom. The van der Waals surface area contributed by atoms with Gasteiger partial charge in [-0.2, -0.15) is 0 Å². The highest BCUT2D eigenvalue weighted by molar-refractivity contribution is 7.10. The van der Waals surface area contributed by atoms with Gasteiger partial charge in [-0.3, -0.25) is 4.90 Å². The van der Waals surface area contributed by atoms with E-state index in [9.17, 15) is 0 Å². The molecular weight excluding hydrogens is 264 g/mol. The van der Waals surface area contributed by atoms with Gasteiger partial charge in [0.25, 0.3) is 0 Å². The fraction of sp³-hybridized carbons (Fsp3) is 0.765. The molecule has 1 aromatic heterocycles. The molecule has 3 rings (SSSR count). The van der Waals surface area contributed by atoms with Crippen molar-refractivity contribution < 1.29 is 0 Å². The van der Waals surface area contributed by atoms with Crippen LogP contribution in [0.5, 0.6) is 0 Å². The minimum Gasteiger partial charge on any atom is -0.308 e. The molecule has 20 heavy (non-hydrogen) atoms. The van der Waals surface area contributed by atoms with Gasteiger partial charge in [-0.05, 0) is 37.6 Å². The van der Waals surface area contributed by atoms with Crippen molar-refractivity contribution in [1.82, 2.24) is 10.2 Å². The maximum atomic E-state index is 3.90. The number of hydrogen-bond acceptors (Lipinski definition) is 3. The summed E-state index contributed by atoms with van der Waals surface area (Å²) in [6, 6.07) is 5.79. The number of rotatable bonds is 3. The van der Waals surface area contributed by atoms with Crippen molar-refractivity contribution in [1.29, 1.82) is 0 Å². The van der Waals surface area contributed by atoms with E-state index in [1.807, 2.05) is 11.3 Å². The molecular formula is C17H28N2S. The molecule has 0 aromatic carbocycles. The molecule has 1 aromatic rings. The van der Waals surface area contributed by atoms with Crippen LogP contribution in [0, 0.1) is 0 Å². The van der Waals surface area contributed by atoms with Crippen molar-refractivity contribution in [2.75, 3.05) is 13.1 Å². The van der Waals surface area contributed by atoms with Crippen LogP contribution in [0.2, 0.25) is 0 Å². The Balaban J connectivity index is 1.79. The Hall–Kier alpha value is -0.380. The summed E-state index contributed by atoms with van der Waals surface area (Å²) < 4.78 is 0. The Morgan fingerprint density at radius 3 is 2.85 bits per heavy atom. The zero-order valence-corrected chi connectivity index (χ0v) is 13.7. The molecule has 1 aliphatic heterocycles. The maximum absolute atomic E-state index is 3.90. The molecule has 1 saturated carbocycles. The van der Waals surface area contributed by atoms with E-state index in [1.54, 1.807) is 4.88 Å². The van der Waals surface area contributed by atoms with E-state index in [4.69, 9.17) is 0 Å². The molecule has 0 amide bonds. The van der Waals surface area contributed by atoms with Crippen molar-refractivity contribution in [3.05, 3.63) is 22.4 Å². The first-order chi connectivity index (χ1) is 9.74. The summed E-state index contributed by atoms with van der Waals surface area (Å²) in [6.45, 7) is 7.12. The highest BCUT2D eigenvalue weighted by Crippen LogP contribution is 2.37. The van der Waals surface area contributed by atoms with Crippen LogP contribution in [-0.2, 0) is 0 Å². The second-order valence-electron chi connectivity index (χ2n) is 6.68. The lowest BCUT2D eigenvalue weighted by Gasteiger charge is -2.51. The van der Waals surface area contributed by atoms with E-state index in [1.165, 1.54) is 45.1 Å². The molecule has 2 unspecified atom stereocenters. The van der Waals surface area contributed by atoms with Gasteiger partial charge in [0.1, 0.15) is 0 Å². The van der Waals surface area contributed by atoms with E-state index in [-0.39, 0.29) is 0 Å². The van der Waals surface area contributed by atoms with Gasteiger partial charge < -0.3 is 5.32 Å². The van der Waals surface area contributed by atoms with Gasteiger partial charge in [0.05, 0.1) is 0 Å². The minimum absolute atomic E-state index is 0.412. The molecule has 2 fully saturated rings. The van der Waals surface area contributed by atoms with Crippen LogP contribution < -0.4 is 5.32 Å². The highest BCUT2D eigenvalue weighted by Gasteiger charge is 2.40. The van der Waals surface area contributed by atoms with Crippen molar-refractivity contribution in [2.24, 2.45) is 0 Å². The Labute approximate surface area is 127 Å². The molecule has 2 aliphatic rings. The average Bonchev–Trinajstić information content (AvgIpc) is 2.99. The number of nitrogens with one attached hydrogen (secondary N) is 1. The first-order valence-corrected chi connectivity index (χ1v) is 9.16. The Bertz CT molecular complexity index is 409. The van der Waals surface area contributed by atoms with Crippen molar-refractivity contribution in [3.63, 3.8) is 0 Å². The quantitative estimate of drug-likeness (QED) is 0.898. The van der Waals surface area contributed by atoms with Crippen molar-refractivity contribution in [3.8, 4) is 0 Å². The van der Waals surface area contributed by atoms with Crippen LogP contribution in [-0.4, -0.2) is 29.6 Å². The summed E-state index contributed by atoms with van der Waals surface area (Å²) in [4.78, 5) is 4.33. The zero-order chi connectivity index (χ0) is 14.0. The van der Waals surface area contributed by atoms with Crippen LogP contribution in [0.15, 0.2) is 17.5 Å². The molecule has 3 heteroatoms. The third-order valence-corrected chi connectivity index (χ3v) is 6.27. The smallest absolute Gasteiger partial charge is 0.0443 e. The van der Waals surface area contributed by atoms with Gasteiger partial charge in [0, 0.05) is 35.6 Å². The molecule has 0 radical (unpaired) electrons. The van der Waals surface area contributed by atoms with E-state index in [2.05, 4.69) is 41.6 Å². The van der Waals surface area contributed by atoms with E-state index >= 15 is 0 Å². The summed E-state index contributed by atoms with van der Waals surface area (Å²) in [7, 11) is 0. The minimum atomic E-state index is 0.412. The Morgan fingerprint density at radius 1 is 1.40 bits per heavy atom. The van der Waals surface area contributed by atoms with E-state index in [0.717, 1.165) is 6.54 Å². The third kappa shape index (κ3) is 2.81. The van der Waals surface area contributed by atoms with Crippen LogP contribution in [0.4, 0.5) is 0 Å². The van der Waals surface area contributed by atoms with Crippen LogP contribution in [0.25, 0.3) is 0 Å². The maximum Gasteiger partial charge on any atom is 0.0443 e. The van der Waals surface area contributed by atoms with Gasteiger partial charge >= 0.3 is 0 Å². The first kappa shape index (κ1) is 14.6. The molecule has 1 aliphatic carbocycles. The lowest BCUT2D eigenvalue weighted by atomic mass is 9.79. The predicted molar refractivity (Wildman–Crippen MR) is 87.3 cm³/mol. The monoisotopic (exact) mass is 292 g/mol. The van der Waals surface area contributed by atoms with Crippen LogP contribution >= 0.6 is 11.3 Å². The SMILES string of the molecule is CCC(c1cccs1)N1CC2(CCCCC2)NCC1C. The van der Waals surface area contributed by atoms with Gasteiger partial charge in [-0.25, -0.2) is 0 Å². The molecule has 1 N–H and O–H groups in total. The highest BCUT2D eigenvalue weighted by atomic mass is 32.1. The van der Waals surface area contributed by atoms with Crippen LogP contribution in [0.3, 0.4) is 0 Å². The molecule has 0 bridgehead atoms. The molecule has 1 spiro atoms. The summed E-state index contributed by atoms with van der Waals surface area (Å²) in [5.41, 5.74) is 0.412. The van der Waals surface area contributed by atoms with E-state index in [0.29, 0.717) is 17.6 Å². The van der Waals surface area contributed by atoms with Gasteiger partial charge in [-0.1, -0.05) is 32.3 Å². The fourth-order valence-electron chi connectivity index (χ4n) is 4.10. The molecule has 1 saturated heterocycles. The third-order valence-electron chi connectivity index (χ3n) is 5.29.